The van der Waals surface area contributed by atoms with Crippen LogP contribution in [0.15, 0.2) is 36.4 Å². The molecular weight excluding hydrogens is 443 g/mol. The lowest BCUT2D eigenvalue weighted by Crippen LogP contribution is -2.48. The zero-order chi connectivity index (χ0) is 24.4. The van der Waals surface area contributed by atoms with Crippen molar-refractivity contribution in [2.24, 2.45) is 0 Å². The van der Waals surface area contributed by atoms with E-state index < -0.39 is 5.82 Å². The molecule has 8 heteroatoms. The van der Waals surface area contributed by atoms with Gasteiger partial charge in [-0.1, -0.05) is 6.07 Å². The highest BCUT2D eigenvalue weighted by Gasteiger charge is 2.26. The molecule has 4 heterocycles. The standard InChI is InChI=1S/C27H33FN6O/c1-19-8-6-9-22(30-19)25-26(33-14-13-29-27(33)32-25)20-11-12-21(28)23(18-20)31-24(35)10-7-17-34(2)15-4-3-5-16-34/h6,8-9,11-12,18H,3-5,7,10,13-17H2,1-2H3,(H-,29,31,32,35)/p+1. The molecule has 0 bridgehead atoms. The van der Waals surface area contributed by atoms with Gasteiger partial charge in [-0.2, -0.15) is 0 Å². The summed E-state index contributed by atoms with van der Waals surface area (Å²) in [5.74, 6) is 0.194. The Bertz CT molecular complexity index is 1230. The van der Waals surface area contributed by atoms with Gasteiger partial charge < -0.3 is 19.7 Å². The molecule has 1 saturated heterocycles. The van der Waals surface area contributed by atoms with Crippen molar-refractivity contribution >= 4 is 17.5 Å². The number of aryl methyl sites for hydroxylation is 1. The minimum absolute atomic E-state index is 0.148. The van der Waals surface area contributed by atoms with E-state index in [2.05, 4.69) is 27.2 Å². The predicted molar refractivity (Wildman–Crippen MR) is 137 cm³/mol. The van der Waals surface area contributed by atoms with E-state index in [9.17, 15) is 9.18 Å². The number of quaternary nitrogens is 1. The maximum atomic E-state index is 14.7. The van der Waals surface area contributed by atoms with Crippen LogP contribution in [0.5, 0.6) is 0 Å². The van der Waals surface area contributed by atoms with Crippen LogP contribution in [0.25, 0.3) is 22.6 Å². The number of rotatable bonds is 7. The van der Waals surface area contributed by atoms with Gasteiger partial charge in [0.1, 0.15) is 11.5 Å². The molecule has 35 heavy (non-hydrogen) atoms. The van der Waals surface area contributed by atoms with Crippen molar-refractivity contribution in [1.82, 2.24) is 14.5 Å². The number of imidazole rings is 1. The molecule has 0 saturated carbocycles. The first-order chi connectivity index (χ1) is 16.9. The molecule has 0 unspecified atom stereocenters. The molecule has 1 amide bonds. The van der Waals surface area contributed by atoms with Gasteiger partial charge in [0.05, 0.1) is 43.8 Å². The number of amides is 1. The van der Waals surface area contributed by atoms with Gasteiger partial charge in [-0.05, 0) is 56.5 Å². The summed E-state index contributed by atoms with van der Waals surface area (Å²) in [5, 5.41) is 6.12. The fourth-order valence-corrected chi connectivity index (χ4v) is 5.33. The summed E-state index contributed by atoms with van der Waals surface area (Å²) in [4.78, 5) is 22.1. The number of pyridine rings is 1. The Hall–Kier alpha value is -3.26. The van der Waals surface area contributed by atoms with Crippen LogP contribution in [0.2, 0.25) is 0 Å². The highest BCUT2D eigenvalue weighted by atomic mass is 19.1. The summed E-state index contributed by atoms with van der Waals surface area (Å²) in [6, 6.07) is 10.7. The number of benzene rings is 1. The van der Waals surface area contributed by atoms with Gasteiger partial charge in [-0.3, -0.25) is 9.78 Å². The summed E-state index contributed by atoms with van der Waals surface area (Å²) < 4.78 is 17.9. The van der Waals surface area contributed by atoms with E-state index in [1.807, 2.05) is 25.1 Å². The number of nitrogens with one attached hydrogen (secondary N) is 2. The summed E-state index contributed by atoms with van der Waals surface area (Å²) >= 11 is 0. The lowest BCUT2D eigenvalue weighted by Gasteiger charge is -2.37. The number of carbonyl (C=O) groups excluding carboxylic acids is 1. The minimum Gasteiger partial charge on any atom is -0.354 e. The molecule has 0 spiro atoms. The first kappa shape index (κ1) is 23.5. The van der Waals surface area contributed by atoms with E-state index in [1.165, 1.54) is 38.4 Å². The van der Waals surface area contributed by atoms with Crippen LogP contribution in [0.4, 0.5) is 16.0 Å². The number of nitrogens with zero attached hydrogens (tertiary/aromatic N) is 4. The van der Waals surface area contributed by atoms with Gasteiger partial charge >= 0.3 is 0 Å². The van der Waals surface area contributed by atoms with Gasteiger partial charge in [0.15, 0.2) is 0 Å². The van der Waals surface area contributed by atoms with E-state index in [1.54, 1.807) is 12.1 Å². The second kappa shape index (κ2) is 9.77. The number of hydrogen-bond acceptors (Lipinski definition) is 4. The highest BCUT2D eigenvalue weighted by molar-refractivity contribution is 5.92. The molecule has 1 fully saturated rings. The summed E-state index contributed by atoms with van der Waals surface area (Å²) in [5.41, 5.74) is 4.30. The van der Waals surface area contributed by atoms with E-state index >= 15 is 0 Å². The van der Waals surface area contributed by atoms with Crippen molar-refractivity contribution in [1.29, 1.82) is 0 Å². The lowest BCUT2D eigenvalue weighted by molar-refractivity contribution is -0.914. The van der Waals surface area contributed by atoms with E-state index in [0.29, 0.717) is 6.42 Å². The largest absolute Gasteiger partial charge is 0.354 e. The van der Waals surface area contributed by atoms with Crippen LogP contribution in [-0.2, 0) is 11.3 Å². The molecular formula is C27H34FN6O+. The SMILES string of the molecule is Cc1cccc(-c2nc3n(c2-c2ccc(F)c(NC(=O)CCC[N+]4(C)CCCCC4)c2)CCN3)n1. The first-order valence-corrected chi connectivity index (χ1v) is 12.6. The zero-order valence-corrected chi connectivity index (χ0v) is 20.6. The van der Waals surface area contributed by atoms with Crippen LogP contribution in [-0.4, -0.2) is 58.2 Å². The van der Waals surface area contributed by atoms with E-state index in [0.717, 1.165) is 64.8 Å². The Morgan fingerprint density at radius 3 is 2.80 bits per heavy atom. The van der Waals surface area contributed by atoms with Crippen molar-refractivity contribution in [2.75, 3.05) is 43.9 Å². The Morgan fingerprint density at radius 1 is 1.17 bits per heavy atom. The quantitative estimate of drug-likeness (QED) is 0.478. The third-order valence-corrected chi connectivity index (χ3v) is 7.23. The van der Waals surface area contributed by atoms with Crippen molar-refractivity contribution < 1.29 is 13.7 Å². The van der Waals surface area contributed by atoms with Gasteiger partial charge in [0.25, 0.3) is 0 Å². The maximum Gasteiger partial charge on any atom is 0.224 e. The average Bonchev–Trinajstić information content (AvgIpc) is 3.42. The summed E-state index contributed by atoms with van der Waals surface area (Å²) in [7, 11) is 2.28. The minimum atomic E-state index is -0.438. The Labute approximate surface area is 206 Å². The second-order valence-electron chi connectivity index (χ2n) is 10.1. The number of piperidine rings is 1. The number of anilines is 2. The number of aromatic nitrogens is 3. The molecule has 0 radical (unpaired) electrons. The summed E-state index contributed by atoms with van der Waals surface area (Å²) in [6.07, 6.45) is 5.02. The Kier molecular flexibility index (Phi) is 6.56. The molecule has 184 valence electrons. The monoisotopic (exact) mass is 477 g/mol. The maximum absolute atomic E-state index is 14.7. The van der Waals surface area contributed by atoms with Crippen molar-refractivity contribution in [3.8, 4) is 22.6 Å². The molecule has 2 aromatic heterocycles. The topological polar surface area (TPSA) is 71.8 Å². The van der Waals surface area contributed by atoms with Gasteiger partial charge in [-0.25, -0.2) is 9.37 Å². The fraction of sp³-hybridized carbons (Fsp3) is 0.444. The third-order valence-electron chi connectivity index (χ3n) is 7.23. The molecule has 1 aromatic carbocycles. The number of likely N-dealkylation sites (tertiary alicyclic amines) is 1. The lowest BCUT2D eigenvalue weighted by atomic mass is 10.1. The molecule has 5 rings (SSSR count). The Balaban J connectivity index is 1.36. The molecule has 7 nitrogen and oxygen atoms in total. The first-order valence-electron chi connectivity index (χ1n) is 12.6. The average molecular weight is 478 g/mol. The third kappa shape index (κ3) is 5.07. The van der Waals surface area contributed by atoms with Crippen molar-refractivity contribution in [3.05, 3.63) is 47.9 Å². The highest BCUT2D eigenvalue weighted by Crippen LogP contribution is 2.37. The van der Waals surface area contributed by atoms with Gasteiger partial charge in [0, 0.05) is 37.2 Å². The van der Waals surface area contributed by atoms with Crippen molar-refractivity contribution in [3.63, 3.8) is 0 Å². The van der Waals surface area contributed by atoms with Crippen LogP contribution in [0.1, 0.15) is 37.8 Å². The second-order valence-corrected chi connectivity index (χ2v) is 10.1. The molecule has 0 atom stereocenters. The number of hydrogen-bond donors (Lipinski definition) is 2. The van der Waals surface area contributed by atoms with Crippen molar-refractivity contribution in [2.45, 2.75) is 45.6 Å². The zero-order valence-electron chi connectivity index (χ0n) is 20.6. The van der Waals surface area contributed by atoms with E-state index in [-0.39, 0.29) is 11.6 Å². The van der Waals surface area contributed by atoms with Gasteiger partial charge in [0.2, 0.25) is 11.9 Å². The fourth-order valence-electron chi connectivity index (χ4n) is 5.33. The van der Waals surface area contributed by atoms with Crippen LogP contribution < -0.4 is 10.6 Å². The molecule has 2 aliphatic heterocycles. The van der Waals surface area contributed by atoms with Crippen LogP contribution in [0, 0.1) is 12.7 Å². The normalized spacial score (nSPS) is 16.5. The van der Waals surface area contributed by atoms with Crippen LogP contribution in [0.3, 0.4) is 0 Å². The van der Waals surface area contributed by atoms with E-state index in [4.69, 9.17) is 4.98 Å². The number of fused-ring (bicyclic) bond motifs is 1. The molecule has 0 aliphatic carbocycles. The summed E-state index contributed by atoms with van der Waals surface area (Å²) in [6.45, 7) is 6.85. The van der Waals surface area contributed by atoms with Gasteiger partial charge in [-0.15, -0.1) is 0 Å². The number of halogens is 1. The number of carbonyl (C=O) groups is 1. The molecule has 3 aromatic rings. The predicted octanol–water partition coefficient (Wildman–Crippen LogP) is 4.83. The molecule has 2 aliphatic rings. The Morgan fingerprint density at radius 2 is 2.00 bits per heavy atom. The smallest absolute Gasteiger partial charge is 0.224 e. The van der Waals surface area contributed by atoms with Crippen LogP contribution >= 0.6 is 0 Å². The molecule has 2 N–H and O–H groups in total.